The molecule has 0 aliphatic carbocycles. The van der Waals surface area contributed by atoms with Crippen LogP contribution in [0.2, 0.25) is 0 Å². The van der Waals surface area contributed by atoms with Crippen molar-refractivity contribution in [3.8, 4) is 0 Å². The van der Waals surface area contributed by atoms with Gasteiger partial charge in [-0.05, 0) is 6.92 Å². The Bertz CT molecular complexity index is 298. The van der Waals surface area contributed by atoms with Crippen LogP contribution in [0.3, 0.4) is 0 Å². The van der Waals surface area contributed by atoms with Crippen molar-refractivity contribution in [2.75, 3.05) is 6.54 Å². The smallest absolute Gasteiger partial charge is 0.241 e. The first-order valence-corrected chi connectivity index (χ1v) is 4.62. The highest BCUT2D eigenvalue weighted by atomic mass is 16.3. The summed E-state index contributed by atoms with van der Waals surface area (Å²) in [5.41, 5.74) is 5.54. The van der Waals surface area contributed by atoms with E-state index in [0.717, 1.165) is 0 Å². The van der Waals surface area contributed by atoms with Gasteiger partial charge in [0.2, 0.25) is 5.91 Å². The van der Waals surface area contributed by atoms with E-state index in [0.29, 0.717) is 0 Å². The van der Waals surface area contributed by atoms with Gasteiger partial charge in [-0.3, -0.25) is 4.79 Å². The van der Waals surface area contributed by atoms with Crippen LogP contribution in [-0.2, 0) is 11.3 Å². The summed E-state index contributed by atoms with van der Waals surface area (Å²) in [5.74, 6) is -0.211. The fourth-order valence-electron chi connectivity index (χ4n) is 0.920. The maximum Gasteiger partial charge on any atom is 0.241 e. The zero-order valence-electron chi connectivity index (χ0n) is 8.50. The fourth-order valence-corrected chi connectivity index (χ4v) is 0.920. The second-order valence-corrected chi connectivity index (χ2v) is 3.30. The molecule has 0 aliphatic heterocycles. The number of aliphatic hydroxyl groups excluding tert-OH is 1. The van der Waals surface area contributed by atoms with Gasteiger partial charge in [0.1, 0.15) is 19.2 Å². The van der Waals surface area contributed by atoms with Gasteiger partial charge in [-0.25, -0.2) is 9.67 Å². The number of aromatic nitrogens is 3. The molecule has 2 unspecified atom stereocenters. The molecule has 4 N–H and O–H groups in total. The molecule has 0 spiro atoms. The van der Waals surface area contributed by atoms with Crippen LogP contribution < -0.4 is 11.1 Å². The Morgan fingerprint density at radius 3 is 3.00 bits per heavy atom. The van der Waals surface area contributed by atoms with Gasteiger partial charge in [0, 0.05) is 12.6 Å². The van der Waals surface area contributed by atoms with Gasteiger partial charge in [-0.1, -0.05) is 0 Å². The van der Waals surface area contributed by atoms with Crippen molar-refractivity contribution in [2.45, 2.75) is 25.6 Å². The summed E-state index contributed by atoms with van der Waals surface area (Å²) in [7, 11) is 0. The molecule has 1 aromatic heterocycles. The van der Waals surface area contributed by atoms with Crippen molar-refractivity contribution in [3.63, 3.8) is 0 Å². The number of carbonyl (C=O) groups is 1. The predicted octanol–water partition coefficient (Wildman–Crippen LogP) is -1.90. The molecule has 1 amide bonds. The quantitative estimate of drug-likeness (QED) is 0.530. The summed E-state index contributed by atoms with van der Waals surface area (Å²) in [5, 5.41) is 15.5. The summed E-state index contributed by atoms with van der Waals surface area (Å²) in [6.07, 6.45) is 2.17. The molecule has 0 aliphatic rings. The third-order valence-corrected chi connectivity index (χ3v) is 1.93. The summed E-state index contributed by atoms with van der Waals surface area (Å²) in [6.45, 7) is 1.92. The van der Waals surface area contributed by atoms with Gasteiger partial charge >= 0.3 is 0 Å². The summed E-state index contributed by atoms with van der Waals surface area (Å²) in [6, 6.07) is -0.454. The minimum Gasteiger partial charge on any atom is -0.392 e. The molecule has 1 heterocycles. The van der Waals surface area contributed by atoms with Gasteiger partial charge < -0.3 is 16.2 Å². The predicted molar refractivity (Wildman–Crippen MR) is 52.7 cm³/mol. The SMILES string of the molecule is CC(O)C(N)CNC(=O)Cn1cncn1. The standard InChI is InChI=1S/C8H15N5O2/c1-6(14)7(9)2-11-8(15)3-13-5-10-4-12-13/h4-7,14H,2-3,9H2,1H3,(H,11,15). The summed E-state index contributed by atoms with van der Waals surface area (Å²) < 4.78 is 1.41. The normalized spacial score (nSPS) is 14.6. The Kier molecular flexibility index (Phi) is 4.19. The zero-order valence-corrected chi connectivity index (χ0v) is 8.50. The first-order chi connectivity index (χ1) is 7.09. The third-order valence-electron chi connectivity index (χ3n) is 1.93. The highest BCUT2D eigenvalue weighted by Crippen LogP contribution is 1.86. The maximum atomic E-state index is 11.3. The van der Waals surface area contributed by atoms with Crippen LogP contribution in [-0.4, -0.2) is 44.5 Å². The molecule has 0 fully saturated rings. The van der Waals surface area contributed by atoms with E-state index in [2.05, 4.69) is 15.4 Å². The van der Waals surface area contributed by atoms with Crippen LogP contribution in [0, 0.1) is 0 Å². The Labute approximate surface area is 87.3 Å². The lowest BCUT2D eigenvalue weighted by Crippen LogP contribution is -2.44. The van der Waals surface area contributed by atoms with Crippen LogP contribution in [0.5, 0.6) is 0 Å². The van der Waals surface area contributed by atoms with Crippen molar-refractivity contribution in [2.24, 2.45) is 5.73 Å². The number of amides is 1. The number of nitrogens with two attached hydrogens (primary N) is 1. The number of nitrogens with one attached hydrogen (secondary N) is 1. The Balaban J connectivity index is 2.25. The number of hydrogen-bond donors (Lipinski definition) is 3. The second-order valence-electron chi connectivity index (χ2n) is 3.30. The molecule has 15 heavy (non-hydrogen) atoms. The van der Waals surface area contributed by atoms with Crippen LogP contribution >= 0.6 is 0 Å². The zero-order chi connectivity index (χ0) is 11.3. The Morgan fingerprint density at radius 2 is 2.47 bits per heavy atom. The molecule has 7 heteroatoms. The van der Waals surface area contributed by atoms with E-state index in [1.54, 1.807) is 6.92 Å². The van der Waals surface area contributed by atoms with Crippen molar-refractivity contribution in [3.05, 3.63) is 12.7 Å². The molecule has 0 radical (unpaired) electrons. The van der Waals surface area contributed by atoms with Gasteiger partial charge in [-0.15, -0.1) is 0 Å². The van der Waals surface area contributed by atoms with Gasteiger partial charge in [0.15, 0.2) is 0 Å². The Morgan fingerprint density at radius 1 is 1.73 bits per heavy atom. The molecular formula is C8H15N5O2. The third kappa shape index (κ3) is 4.05. The molecule has 84 valence electrons. The van der Waals surface area contributed by atoms with E-state index in [-0.39, 0.29) is 19.0 Å². The monoisotopic (exact) mass is 213 g/mol. The minimum atomic E-state index is -0.642. The average molecular weight is 213 g/mol. The van der Waals surface area contributed by atoms with E-state index >= 15 is 0 Å². The molecule has 0 bridgehead atoms. The summed E-state index contributed by atoms with van der Waals surface area (Å²) >= 11 is 0. The van der Waals surface area contributed by atoms with Crippen molar-refractivity contribution in [1.29, 1.82) is 0 Å². The molecule has 0 aromatic carbocycles. The van der Waals surface area contributed by atoms with Crippen LogP contribution in [0.4, 0.5) is 0 Å². The first-order valence-electron chi connectivity index (χ1n) is 4.62. The van der Waals surface area contributed by atoms with Crippen molar-refractivity contribution < 1.29 is 9.90 Å². The maximum absolute atomic E-state index is 11.3. The second kappa shape index (κ2) is 5.42. The molecule has 7 nitrogen and oxygen atoms in total. The van der Waals surface area contributed by atoms with Crippen molar-refractivity contribution >= 4 is 5.91 Å². The molecule has 1 rings (SSSR count). The lowest BCUT2D eigenvalue weighted by atomic mass is 10.2. The fraction of sp³-hybridized carbons (Fsp3) is 0.625. The molecule has 2 atom stereocenters. The highest BCUT2D eigenvalue weighted by molar-refractivity contribution is 5.75. The highest BCUT2D eigenvalue weighted by Gasteiger charge is 2.10. The first kappa shape index (κ1) is 11.6. The van der Waals surface area contributed by atoms with E-state index in [9.17, 15) is 4.79 Å². The molecule has 0 saturated carbocycles. The minimum absolute atomic E-state index is 0.104. The van der Waals surface area contributed by atoms with Crippen molar-refractivity contribution in [1.82, 2.24) is 20.1 Å². The van der Waals surface area contributed by atoms with Crippen LogP contribution in [0.25, 0.3) is 0 Å². The van der Waals surface area contributed by atoms with Crippen LogP contribution in [0.1, 0.15) is 6.92 Å². The van der Waals surface area contributed by atoms with E-state index in [1.165, 1.54) is 17.3 Å². The number of aliphatic hydroxyl groups is 1. The molecule has 1 aromatic rings. The van der Waals surface area contributed by atoms with Gasteiger partial charge in [0.05, 0.1) is 6.10 Å². The van der Waals surface area contributed by atoms with Gasteiger partial charge in [0.25, 0.3) is 0 Å². The topological polar surface area (TPSA) is 106 Å². The number of hydrogen-bond acceptors (Lipinski definition) is 5. The van der Waals surface area contributed by atoms with E-state index < -0.39 is 12.1 Å². The van der Waals surface area contributed by atoms with Crippen LogP contribution in [0.15, 0.2) is 12.7 Å². The molecular weight excluding hydrogens is 198 g/mol. The lowest BCUT2D eigenvalue weighted by Gasteiger charge is -2.15. The summed E-state index contributed by atoms with van der Waals surface area (Å²) in [4.78, 5) is 15.0. The van der Waals surface area contributed by atoms with E-state index in [1.807, 2.05) is 0 Å². The number of rotatable bonds is 5. The number of nitrogens with zero attached hydrogens (tertiary/aromatic N) is 3. The van der Waals surface area contributed by atoms with Gasteiger partial charge in [-0.2, -0.15) is 5.10 Å². The average Bonchev–Trinajstić information content (AvgIpc) is 2.66. The lowest BCUT2D eigenvalue weighted by molar-refractivity contribution is -0.122. The van der Waals surface area contributed by atoms with E-state index in [4.69, 9.17) is 10.8 Å². The number of carbonyl (C=O) groups excluding carboxylic acids is 1. The largest absolute Gasteiger partial charge is 0.392 e. The molecule has 0 saturated heterocycles. The Hall–Kier alpha value is -1.47.